The predicted molar refractivity (Wildman–Crippen MR) is 126 cm³/mol. The van der Waals surface area contributed by atoms with Crippen LogP contribution in [-0.4, -0.2) is 64.1 Å². The molecule has 0 aromatic heterocycles. The molecule has 0 saturated carbocycles. The number of rotatable bonds is 11. The molecule has 1 atom stereocenters. The molecule has 2 heterocycles. The summed E-state index contributed by atoms with van der Waals surface area (Å²) in [5.41, 5.74) is 1.81. The number of carbonyl (C=O) groups is 1. The van der Waals surface area contributed by atoms with E-state index in [0.29, 0.717) is 19.1 Å². The number of benzene rings is 1. The normalized spacial score (nSPS) is 19.7. The molecule has 0 spiro atoms. The summed E-state index contributed by atoms with van der Waals surface area (Å²) in [5, 5.41) is 9.59. The van der Waals surface area contributed by atoms with Gasteiger partial charge in [0, 0.05) is 51.8 Å². The zero-order valence-electron chi connectivity index (χ0n) is 19.2. The second-order valence-corrected chi connectivity index (χ2v) is 8.30. The molecule has 2 fully saturated rings. The van der Waals surface area contributed by atoms with Gasteiger partial charge < -0.3 is 30.2 Å². The highest BCUT2D eigenvalue weighted by atomic mass is 16.5. The van der Waals surface area contributed by atoms with Crippen molar-refractivity contribution >= 4 is 17.6 Å². The Hall–Kier alpha value is -2.16. The third-order valence-corrected chi connectivity index (χ3v) is 5.63. The number of nitrogens with zero attached hydrogens (tertiary/aromatic N) is 1. The smallest absolute Gasteiger partial charge is 0.253 e. The van der Waals surface area contributed by atoms with Crippen molar-refractivity contribution in [1.29, 1.82) is 0 Å². The maximum atomic E-state index is 12.3. The van der Waals surface area contributed by atoms with E-state index in [2.05, 4.69) is 27.9 Å². The minimum absolute atomic E-state index is 0.0720. The molecule has 2 aliphatic rings. The average molecular weight is 447 g/mol. The van der Waals surface area contributed by atoms with Crippen LogP contribution < -0.4 is 16.0 Å². The molecular weight excluding hydrogens is 408 g/mol. The van der Waals surface area contributed by atoms with Gasteiger partial charge in [-0.15, -0.1) is 0 Å². The number of anilines is 1. The third-order valence-electron chi connectivity index (χ3n) is 5.63. The van der Waals surface area contributed by atoms with E-state index in [4.69, 9.17) is 14.2 Å². The quantitative estimate of drug-likeness (QED) is 0.275. The van der Waals surface area contributed by atoms with Gasteiger partial charge >= 0.3 is 0 Å². The van der Waals surface area contributed by atoms with Crippen LogP contribution in [0.15, 0.2) is 29.3 Å². The number of hydrogen-bond acceptors (Lipinski definition) is 5. The molecule has 1 amide bonds. The predicted octanol–water partition coefficient (Wildman–Crippen LogP) is 2.69. The van der Waals surface area contributed by atoms with Crippen LogP contribution in [0.5, 0.6) is 0 Å². The van der Waals surface area contributed by atoms with Gasteiger partial charge in [-0.2, -0.15) is 0 Å². The molecule has 8 heteroatoms. The Balaban J connectivity index is 1.38. The first-order chi connectivity index (χ1) is 15.7. The minimum atomic E-state index is -0.332. The zero-order chi connectivity index (χ0) is 22.4. The Bertz CT molecular complexity index is 716. The fourth-order valence-electron chi connectivity index (χ4n) is 3.81. The summed E-state index contributed by atoms with van der Waals surface area (Å²) in [6.07, 6.45) is 4.53. The molecular formula is C24H38N4O4. The highest BCUT2D eigenvalue weighted by Gasteiger charge is 2.23. The molecule has 3 rings (SSSR count). The Morgan fingerprint density at radius 1 is 1.19 bits per heavy atom. The average Bonchev–Trinajstić information content (AvgIpc) is 3.36. The van der Waals surface area contributed by atoms with Gasteiger partial charge in [-0.3, -0.25) is 4.79 Å². The van der Waals surface area contributed by atoms with Crippen molar-refractivity contribution in [3.8, 4) is 0 Å². The van der Waals surface area contributed by atoms with E-state index < -0.39 is 0 Å². The van der Waals surface area contributed by atoms with Gasteiger partial charge in [0.25, 0.3) is 5.91 Å². The van der Waals surface area contributed by atoms with Crippen molar-refractivity contribution < 1.29 is 19.0 Å². The summed E-state index contributed by atoms with van der Waals surface area (Å²) >= 11 is 0. The number of ether oxygens (including phenoxy) is 3. The van der Waals surface area contributed by atoms with E-state index >= 15 is 0 Å². The summed E-state index contributed by atoms with van der Waals surface area (Å²) in [5.74, 6) is 1.35. The number of aliphatic imine (C=N–C) groups is 1. The minimum Gasteiger partial charge on any atom is -0.381 e. The Kier molecular flexibility index (Phi) is 10.8. The zero-order valence-corrected chi connectivity index (χ0v) is 19.2. The number of guanidine groups is 1. The molecule has 0 aliphatic carbocycles. The van der Waals surface area contributed by atoms with Gasteiger partial charge in [0.1, 0.15) is 6.10 Å². The number of amides is 1. The Labute approximate surface area is 191 Å². The summed E-state index contributed by atoms with van der Waals surface area (Å²) < 4.78 is 16.7. The first-order valence-electron chi connectivity index (χ1n) is 11.9. The van der Waals surface area contributed by atoms with E-state index in [1.54, 1.807) is 0 Å². The van der Waals surface area contributed by atoms with Crippen LogP contribution in [0.25, 0.3) is 0 Å². The molecule has 1 aromatic rings. The largest absolute Gasteiger partial charge is 0.381 e. The summed E-state index contributed by atoms with van der Waals surface area (Å²) in [4.78, 5) is 16.9. The van der Waals surface area contributed by atoms with Gasteiger partial charge in [0.2, 0.25) is 0 Å². The van der Waals surface area contributed by atoms with Gasteiger partial charge in [-0.25, -0.2) is 4.99 Å². The third kappa shape index (κ3) is 8.76. The van der Waals surface area contributed by atoms with Crippen molar-refractivity contribution in [1.82, 2.24) is 10.6 Å². The Morgan fingerprint density at radius 3 is 2.84 bits per heavy atom. The highest BCUT2D eigenvalue weighted by Crippen LogP contribution is 2.17. The molecule has 1 aromatic carbocycles. The van der Waals surface area contributed by atoms with E-state index in [1.165, 1.54) is 0 Å². The van der Waals surface area contributed by atoms with Crippen molar-refractivity contribution in [2.24, 2.45) is 10.9 Å². The first-order valence-corrected chi connectivity index (χ1v) is 11.9. The molecule has 0 radical (unpaired) electrons. The van der Waals surface area contributed by atoms with E-state index in [-0.39, 0.29) is 12.0 Å². The number of nitrogens with one attached hydrogen (secondary N) is 3. The van der Waals surface area contributed by atoms with Crippen LogP contribution in [0.1, 0.15) is 44.6 Å². The van der Waals surface area contributed by atoms with Crippen molar-refractivity contribution in [2.45, 2.75) is 51.7 Å². The van der Waals surface area contributed by atoms with Crippen LogP contribution >= 0.6 is 0 Å². The van der Waals surface area contributed by atoms with Crippen LogP contribution in [0.3, 0.4) is 0 Å². The molecule has 0 bridgehead atoms. The second kappa shape index (κ2) is 14.1. The van der Waals surface area contributed by atoms with Crippen LogP contribution in [-0.2, 0) is 25.5 Å². The van der Waals surface area contributed by atoms with Gasteiger partial charge in [-0.1, -0.05) is 12.1 Å². The van der Waals surface area contributed by atoms with E-state index in [0.717, 1.165) is 88.8 Å². The summed E-state index contributed by atoms with van der Waals surface area (Å²) in [6, 6.07) is 7.80. The fourth-order valence-corrected chi connectivity index (χ4v) is 3.81. The molecule has 178 valence electrons. The van der Waals surface area contributed by atoms with Crippen molar-refractivity contribution in [2.75, 3.05) is 51.4 Å². The lowest BCUT2D eigenvalue weighted by atomic mass is 10.0. The lowest BCUT2D eigenvalue weighted by molar-refractivity contribution is -0.124. The molecule has 2 saturated heterocycles. The molecule has 32 heavy (non-hydrogen) atoms. The van der Waals surface area contributed by atoms with Gasteiger partial charge in [0.15, 0.2) is 5.96 Å². The lowest BCUT2D eigenvalue weighted by Crippen LogP contribution is -2.38. The van der Waals surface area contributed by atoms with Gasteiger partial charge in [-0.05, 0) is 62.6 Å². The van der Waals surface area contributed by atoms with E-state index in [9.17, 15) is 4.79 Å². The second-order valence-electron chi connectivity index (χ2n) is 8.30. The highest BCUT2D eigenvalue weighted by molar-refractivity contribution is 5.94. The first kappa shape index (κ1) is 24.5. The SMILES string of the molecule is CCNC(=NCc1cccc(NC(=O)C2CCCO2)c1)NCCCOCC1CCOCC1. The lowest BCUT2D eigenvalue weighted by Gasteiger charge is -2.21. The summed E-state index contributed by atoms with van der Waals surface area (Å²) in [6.45, 7) is 8.14. The molecule has 8 nitrogen and oxygen atoms in total. The number of carbonyl (C=O) groups excluding carboxylic acids is 1. The number of hydrogen-bond donors (Lipinski definition) is 3. The maximum Gasteiger partial charge on any atom is 0.253 e. The molecule has 2 aliphatic heterocycles. The fraction of sp³-hybridized carbons (Fsp3) is 0.667. The van der Waals surface area contributed by atoms with Crippen molar-refractivity contribution in [3.05, 3.63) is 29.8 Å². The Morgan fingerprint density at radius 2 is 2.06 bits per heavy atom. The molecule has 3 N–H and O–H groups in total. The summed E-state index contributed by atoms with van der Waals surface area (Å²) in [7, 11) is 0. The topological polar surface area (TPSA) is 93.2 Å². The maximum absolute atomic E-state index is 12.3. The van der Waals surface area contributed by atoms with Crippen LogP contribution in [0.4, 0.5) is 5.69 Å². The standard InChI is InChI=1S/C24H38N4O4/c1-2-25-24(26-11-5-12-31-18-19-9-14-30-15-10-19)27-17-20-6-3-7-21(16-20)28-23(29)22-8-4-13-32-22/h3,6-7,16,19,22H,2,4-5,8-15,17-18H2,1H3,(H,28,29)(H2,25,26,27). The monoisotopic (exact) mass is 446 g/mol. The van der Waals surface area contributed by atoms with Crippen molar-refractivity contribution in [3.63, 3.8) is 0 Å². The van der Waals surface area contributed by atoms with Crippen LogP contribution in [0, 0.1) is 5.92 Å². The van der Waals surface area contributed by atoms with Gasteiger partial charge in [0.05, 0.1) is 6.54 Å². The molecule has 1 unspecified atom stereocenters. The van der Waals surface area contributed by atoms with E-state index in [1.807, 2.05) is 24.3 Å². The van der Waals surface area contributed by atoms with Crippen LogP contribution in [0.2, 0.25) is 0 Å².